The SMILES string of the molecule is [C-]#[N+]C(C)(C)c1ccno1. The molecule has 0 radical (unpaired) electrons. The van der Waals surface area contributed by atoms with Crippen LogP contribution in [0, 0.1) is 6.57 Å². The van der Waals surface area contributed by atoms with Gasteiger partial charge < -0.3 is 9.37 Å². The van der Waals surface area contributed by atoms with Crippen LogP contribution in [0.4, 0.5) is 0 Å². The zero-order chi connectivity index (χ0) is 7.61. The van der Waals surface area contributed by atoms with Crippen LogP contribution >= 0.6 is 0 Å². The van der Waals surface area contributed by atoms with E-state index >= 15 is 0 Å². The predicted octanol–water partition coefficient (Wildman–Crippen LogP) is 1.83. The minimum absolute atomic E-state index is 0.573. The first-order valence-corrected chi connectivity index (χ1v) is 2.96. The maximum atomic E-state index is 6.82. The summed E-state index contributed by atoms with van der Waals surface area (Å²) in [5.41, 5.74) is -0.573. The molecule has 1 heterocycles. The molecule has 0 saturated heterocycles. The molecule has 0 aliphatic heterocycles. The highest BCUT2D eigenvalue weighted by atomic mass is 16.5. The first kappa shape index (κ1) is 6.81. The lowest BCUT2D eigenvalue weighted by molar-refractivity contribution is 0.343. The van der Waals surface area contributed by atoms with Crippen molar-refractivity contribution >= 4 is 0 Å². The monoisotopic (exact) mass is 136 g/mol. The Kier molecular flexibility index (Phi) is 1.46. The fourth-order valence-electron chi connectivity index (χ4n) is 0.586. The minimum Gasteiger partial charge on any atom is -0.353 e. The van der Waals surface area contributed by atoms with E-state index in [0.717, 1.165) is 0 Å². The minimum atomic E-state index is -0.573. The Bertz CT molecular complexity index is 243. The van der Waals surface area contributed by atoms with Crippen LogP contribution in [-0.2, 0) is 5.54 Å². The first-order valence-electron chi connectivity index (χ1n) is 2.96. The Morgan fingerprint density at radius 3 is 2.80 bits per heavy atom. The zero-order valence-electron chi connectivity index (χ0n) is 5.96. The number of hydrogen-bond donors (Lipinski definition) is 0. The smallest absolute Gasteiger partial charge is 0.286 e. The molecule has 0 atom stereocenters. The van der Waals surface area contributed by atoms with Crippen molar-refractivity contribution in [2.45, 2.75) is 19.4 Å². The van der Waals surface area contributed by atoms with Gasteiger partial charge in [-0.15, -0.1) is 0 Å². The topological polar surface area (TPSA) is 30.4 Å². The molecule has 0 aromatic carbocycles. The molecule has 0 bridgehead atoms. The molecule has 52 valence electrons. The molecule has 0 N–H and O–H groups in total. The molecule has 0 aliphatic carbocycles. The Labute approximate surface area is 59.5 Å². The molecule has 0 spiro atoms. The van der Waals surface area contributed by atoms with E-state index in [1.807, 2.05) is 0 Å². The second-order valence-corrected chi connectivity index (χ2v) is 2.55. The summed E-state index contributed by atoms with van der Waals surface area (Å²) < 4.78 is 4.83. The summed E-state index contributed by atoms with van der Waals surface area (Å²) in [6.07, 6.45) is 1.54. The van der Waals surface area contributed by atoms with Crippen molar-refractivity contribution in [1.82, 2.24) is 5.16 Å². The Balaban J connectivity index is 2.99. The van der Waals surface area contributed by atoms with Crippen LogP contribution in [0.25, 0.3) is 4.85 Å². The molecule has 0 aliphatic rings. The fraction of sp³-hybridized carbons (Fsp3) is 0.429. The summed E-state index contributed by atoms with van der Waals surface area (Å²) in [5, 5.41) is 3.52. The van der Waals surface area contributed by atoms with Crippen molar-refractivity contribution in [3.05, 3.63) is 29.4 Å². The van der Waals surface area contributed by atoms with E-state index in [1.165, 1.54) is 0 Å². The van der Waals surface area contributed by atoms with Crippen molar-refractivity contribution in [2.75, 3.05) is 0 Å². The normalized spacial score (nSPS) is 10.9. The second-order valence-electron chi connectivity index (χ2n) is 2.55. The van der Waals surface area contributed by atoms with E-state index in [-0.39, 0.29) is 0 Å². The average Bonchev–Trinajstić information content (AvgIpc) is 2.38. The zero-order valence-corrected chi connectivity index (χ0v) is 5.96. The third-order valence-corrected chi connectivity index (χ3v) is 1.32. The van der Waals surface area contributed by atoms with Crippen molar-refractivity contribution in [2.24, 2.45) is 0 Å². The van der Waals surface area contributed by atoms with Crippen molar-refractivity contribution < 1.29 is 4.52 Å². The van der Waals surface area contributed by atoms with Crippen LogP contribution < -0.4 is 0 Å². The third-order valence-electron chi connectivity index (χ3n) is 1.32. The largest absolute Gasteiger partial charge is 0.353 e. The van der Waals surface area contributed by atoms with Gasteiger partial charge in [0.1, 0.15) is 0 Å². The summed E-state index contributed by atoms with van der Waals surface area (Å²) in [6.45, 7) is 10.4. The van der Waals surface area contributed by atoms with Gasteiger partial charge in [-0.1, -0.05) is 5.16 Å². The van der Waals surface area contributed by atoms with Crippen molar-refractivity contribution in [1.29, 1.82) is 0 Å². The van der Waals surface area contributed by atoms with Gasteiger partial charge in [0.25, 0.3) is 5.54 Å². The molecule has 1 aromatic heterocycles. The van der Waals surface area contributed by atoms with Gasteiger partial charge in [0.2, 0.25) is 5.76 Å². The molecule has 0 amide bonds. The molecular weight excluding hydrogens is 128 g/mol. The number of rotatable bonds is 1. The average molecular weight is 136 g/mol. The van der Waals surface area contributed by atoms with Crippen molar-refractivity contribution in [3.8, 4) is 0 Å². The summed E-state index contributed by atoms with van der Waals surface area (Å²) in [5.74, 6) is 0.613. The van der Waals surface area contributed by atoms with Crippen LogP contribution in [-0.4, -0.2) is 5.16 Å². The van der Waals surface area contributed by atoms with Gasteiger partial charge >= 0.3 is 0 Å². The maximum absolute atomic E-state index is 6.82. The summed E-state index contributed by atoms with van der Waals surface area (Å²) in [7, 11) is 0. The van der Waals surface area contributed by atoms with E-state index in [9.17, 15) is 0 Å². The molecule has 1 rings (SSSR count). The molecule has 0 unspecified atom stereocenters. The van der Waals surface area contributed by atoms with Gasteiger partial charge in [0.05, 0.1) is 6.20 Å². The summed E-state index contributed by atoms with van der Waals surface area (Å²) >= 11 is 0. The van der Waals surface area contributed by atoms with E-state index in [4.69, 9.17) is 11.1 Å². The molecule has 0 fully saturated rings. The van der Waals surface area contributed by atoms with Crippen LogP contribution in [0.1, 0.15) is 19.6 Å². The predicted molar refractivity (Wildman–Crippen MR) is 36.1 cm³/mol. The molecule has 3 nitrogen and oxygen atoms in total. The van der Waals surface area contributed by atoms with E-state index in [0.29, 0.717) is 5.76 Å². The molecule has 1 aromatic rings. The molecular formula is C7H8N2O. The quantitative estimate of drug-likeness (QED) is 0.551. The fourth-order valence-corrected chi connectivity index (χ4v) is 0.586. The van der Waals surface area contributed by atoms with Gasteiger partial charge in [-0.2, -0.15) is 0 Å². The molecule has 0 saturated carbocycles. The standard InChI is InChI=1S/C7H8N2O/c1-7(2,8-3)6-4-5-9-10-6/h4-5H,1-2H3. The number of aromatic nitrogens is 1. The molecule has 10 heavy (non-hydrogen) atoms. The summed E-state index contributed by atoms with van der Waals surface area (Å²) in [6, 6.07) is 1.71. The van der Waals surface area contributed by atoms with E-state index < -0.39 is 5.54 Å². The van der Waals surface area contributed by atoms with E-state index in [2.05, 4.69) is 10.0 Å². The van der Waals surface area contributed by atoms with Gasteiger partial charge in [-0.05, 0) is 0 Å². The van der Waals surface area contributed by atoms with Gasteiger partial charge in [-0.25, -0.2) is 6.57 Å². The third kappa shape index (κ3) is 1.01. The van der Waals surface area contributed by atoms with E-state index in [1.54, 1.807) is 26.1 Å². The van der Waals surface area contributed by atoms with Gasteiger partial charge in [-0.3, -0.25) is 0 Å². The Hall–Kier alpha value is -1.30. The summed E-state index contributed by atoms with van der Waals surface area (Å²) in [4.78, 5) is 3.38. The first-order chi connectivity index (χ1) is 4.67. The second kappa shape index (κ2) is 2.14. The van der Waals surface area contributed by atoms with Crippen LogP contribution in [0.2, 0.25) is 0 Å². The Morgan fingerprint density at radius 2 is 2.40 bits per heavy atom. The lowest BCUT2D eigenvalue weighted by Gasteiger charge is -2.03. The lowest BCUT2D eigenvalue weighted by atomic mass is 10.0. The molecule has 3 heteroatoms. The maximum Gasteiger partial charge on any atom is 0.286 e. The highest BCUT2D eigenvalue weighted by Gasteiger charge is 2.29. The van der Waals surface area contributed by atoms with Crippen LogP contribution in [0.5, 0.6) is 0 Å². The van der Waals surface area contributed by atoms with Crippen LogP contribution in [0.15, 0.2) is 16.8 Å². The lowest BCUT2D eigenvalue weighted by Crippen LogP contribution is -2.08. The van der Waals surface area contributed by atoms with Crippen molar-refractivity contribution in [3.63, 3.8) is 0 Å². The van der Waals surface area contributed by atoms with Gasteiger partial charge in [0, 0.05) is 19.9 Å². The highest BCUT2D eigenvalue weighted by Crippen LogP contribution is 2.23. The number of hydrogen-bond acceptors (Lipinski definition) is 2. The van der Waals surface area contributed by atoms with Gasteiger partial charge in [0.15, 0.2) is 0 Å². The number of nitrogens with zero attached hydrogens (tertiary/aromatic N) is 2. The van der Waals surface area contributed by atoms with Crippen LogP contribution in [0.3, 0.4) is 0 Å². The highest BCUT2D eigenvalue weighted by molar-refractivity contribution is 5.11. The Morgan fingerprint density at radius 1 is 1.70 bits per heavy atom.